The van der Waals surface area contributed by atoms with Crippen molar-refractivity contribution >= 4 is 11.8 Å². The fourth-order valence-electron chi connectivity index (χ4n) is 2.06. The van der Waals surface area contributed by atoms with E-state index in [1.165, 1.54) is 19.2 Å². The highest BCUT2D eigenvalue weighted by Crippen LogP contribution is 2.18. The number of aromatic nitrogens is 1. The monoisotopic (exact) mass is 249 g/mol. The van der Waals surface area contributed by atoms with Crippen molar-refractivity contribution in [1.29, 1.82) is 0 Å². The molecule has 18 heavy (non-hydrogen) atoms. The molecule has 0 aliphatic carbocycles. The molecule has 6 nitrogen and oxygen atoms in total. The van der Waals surface area contributed by atoms with E-state index in [0.717, 1.165) is 6.42 Å². The van der Waals surface area contributed by atoms with Crippen molar-refractivity contribution in [2.24, 2.45) is 0 Å². The van der Waals surface area contributed by atoms with E-state index in [-0.39, 0.29) is 29.3 Å². The predicted octanol–water partition coefficient (Wildman–Crippen LogP) is 0.138. The molecular formula is C12H15N3O3. The Morgan fingerprint density at radius 1 is 1.56 bits per heavy atom. The first-order valence-corrected chi connectivity index (χ1v) is 5.78. The van der Waals surface area contributed by atoms with Crippen LogP contribution in [0, 0.1) is 0 Å². The summed E-state index contributed by atoms with van der Waals surface area (Å²) in [4.78, 5) is 28.5. The van der Waals surface area contributed by atoms with Crippen LogP contribution in [0.15, 0.2) is 18.3 Å². The molecule has 96 valence electrons. The average Bonchev–Trinajstić information content (AvgIpc) is 2.76. The second-order valence-electron chi connectivity index (χ2n) is 4.31. The van der Waals surface area contributed by atoms with E-state index in [4.69, 9.17) is 0 Å². The van der Waals surface area contributed by atoms with Crippen LogP contribution in [0.2, 0.25) is 0 Å². The number of carbonyl (C=O) groups excluding carboxylic acids is 2. The molecule has 1 aliphatic heterocycles. The maximum atomic E-state index is 12.1. The van der Waals surface area contributed by atoms with Gasteiger partial charge in [-0.2, -0.15) is 0 Å². The van der Waals surface area contributed by atoms with Crippen LogP contribution in [0.5, 0.6) is 5.75 Å². The summed E-state index contributed by atoms with van der Waals surface area (Å²) in [6, 6.07) is 2.98. The average molecular weight is 249 g/mol. The summed E-state index contributed by atoms with van der Waals surface area (Å²) >= 11 is 0. The Balaban J connectivity index is 2.04. The number of hydrogen-bond donors (Lipinski definition) is 2. The summed E-state index contributed by atoms with van der Waals surface area (Å²) in [7, 11) is 0. The molecule has 0 aromatic carbocycles. The van der Waals surface area contributed by atoms with Gasteiger partial charge in [0.2, 0.25) is 5.91 Å². The molecule has 0 radical (unpaired) electrons. The summed E-state index contributed by atoms with van der Waals surface area (Å²) in [6.45, 7) is 2.46. The van der Waals surface area contributed by atoms with Gasteiger partial charge in [-0.25, -0.2) is 4.98 Å². The molecule has 1 atom stereocenters. The van der Waals surface area contributed by atoms with Gasteiger partial charge in [-0.1, -0.05) is 0 Å². The third-order valence-corrected chi connectivity index (χ3v) is 2.87. The topological polar surface area (TPSA) is 82.5 Å². The number of rotatable bonds is 2. The van der Waals surface area contributed by atoms with Crippen molar-refractivity contribution in [3.05, 3.63) is 24.0 Å². The Labute approximate surface area is 105 Å². The Kier molecular flexibility index (Phi) is 3.45. The number of carbonyl (C=O) groups is 2. The molecule has 0 saturated carbocycles. The van der Waals surface area contributed by atoms with Crippen LogP contribution < -0.4 is 5.32 Å². The predicted molar refractivity (Wildman–Crippen MR) is 64.0 cm³/mol. The number of likely N-dealkylation sites (tertiary alicyclic amines) is 1. The first kappa shape index (κ1) is 12.3. The van der Waals surface area contributed by atoms with Crippen LogP contribution in [0.3, 0.4) is 0 Å². The molecule has 2 N–H and O–H groups in total. The van der Waals surface area contributed by atoms with E-state index in [2.05, 4.69) is 10.3 Å². The Morgan fingerprint density at radius 3 is 3.00 bits per heavy atom. The van der Waals surface area contributed by atoms with Crippen molar-refractivity contribution in [2.75, 3.05) is 13.1 Å². The molecule has 2 amide bonds. The molecule has 1 unspecified atom stereocenters. The minimum Gasteiger partial charge on any atom is -0.505 e. The van der Waals surface area contributed by atoms with Crippen molar-refractivity contribution < 1.29 is 14.7 Å². The van der Waals surface area contributed by atoms with E-state index in [1.807, 2.05) is 0 Å². The van der Waals surface area contributed by atoms with E-state index in [1.54, 1.807) is 11.0 Å². The summed E-state index contributed by atoms with van der Waals surface area (Å²) in [5.41, 5.74) is 0.0565. The number of nitrogens with zero attached hydrogens (tertiary/aromatic N) is 2. The molecule has 0 spiro atoms. The normalized spacial score (nSPS) is 18.7. The zero-order chi connectivity index (χ0) is 13.1. The van der Waals surface area contributed by atoms with Crippen molar-refractivity contribution in [2.45, 2.75) is 19.4 Å². The first-order valence-electron chi connectivity index (χ1n) is 5.78. The van der Waals surface area contributed by atoms with Gasteiger partial charge in [0, 0.05) is 32.3 Å². The number of nitrogens with one attached hydrogen (secondary N) is 1. The van der Waals surface area contributed by atoms with E-state index in [0.29, 0.717) is 13.1 Å². The summed E-state index contributed by atoms with van der Waals surface area (Å²) in [5.74, 6) is -0.526. The van der Waals surface area contributed by atoms with Crippen LogP contribution in [-0.2, 0) is 4.79 Å². The molecule has 1 aliphatic rings. The van der Waals surface area contributed by atoms with Crippen LogP contribution in [-0.4, -0.2) is 45.9 Å². The highest BCUT2D eigenvalue weighted by Gasteiger charge is 2.29. The quantitative estimate of drug-likeness (QED) is 0.781. The second-order valence-corrected chi connectivity index (χ2v) is 4.31. The highest BCUT2D eigenvalue weighted by atomic mass is 16.3. The Bertz CT molecular complexity index is 475. The lowest BCUT2D eigenvalue weighted by atomic mass is 10.2. The fourth-order valence-corrected chi connectivity index (χ4v) is 2.06. The highest BCUT2D eigenvalue weighted by molar-refractivity contribution is 5.95. The van der Waals surface area contributed by atoms with Crippen molar-refractivity contribution in [3.63, 3.8) is 0 Å². The molecule has 1 aromatic heterocycles. The zero-order valence-corrected chi connectivity index (χ0v) is 10.1. The third-order valence-electron chi connectivity index (χ3n) is 2.87. The largest absolute Gasteiger partial charge is 0.505 e. The van der Waals surface area contributed by atoms with Gasteiger partial charge >= 0.3 is 0 Å². The molecular weight excluding hydrogens is 234 g/mol. The molecule has 1 saturated heterocycles. The maximum absolute atomic E-state index is 12.1. The molecule has 1 aromatic rings. The maximum Gasteiger partial charge on any atom is 0.276 e. The van der Waals surface area contributed by atoms with Crippen LogP contribution in [0.4, 0.5) is 0 Å². The Hall–Kier alpha value is -2.11. The molecule has 0 bridgehead atoms. The lowest BCUT2D eigenvalue weighted by molar-refractivity contribution is -0.119. The van der Waals surface area contributed by atoms with Gasteiger partial charge in [0.05, 0.1) is 0 Å². The Morgan fingerprint density at radius 2 is 2.33 bits per heavy atom. The van der Waals surface area contributed by atoms with E-state index < -0.39 is 0 Å². The number of pyridine rings is 1. The van der Waals surface area contributed by atoms with Crippen molar-refractivity contribution in [1.82, 2.24) is 15.2 Å². The van der Waals surface area contributed by atoms with Gasteiger partial charge in [0.15, 0.2) is 5.69 Å². The molecule has 6 heteroatoms. The molecule has 2 heterocycles. The van der Waals surface area contributed by atoms with Gasteiger partial charge < -0.3 is 15.3 Å². The minimum absolute atomic E-state index is 0.0164. The van der Waals surface area contributed by atoms with Crippen LogP contribution >= 0.6 is 0 Å². The first-order chi connectivity index (χ1) is 8.58. The van der Waals surface area contributed by atoms with Gasteiger partial charge in [-0.3, -0.25) is 9.59 Å². The van der Waals surface area contributed by atoms with Crippen LogP contribution in [0.25, 0.3) is 0 Å². The van der Waals surface area contributed by atoms with Gasteiger partial charge in [0.1, 0.15) is 5.75 Å². The second kappa shape index (κ2) is 5.03. The van der Waals surface area contributed by atoms with Gasteiger partial charge in [-0.15, -0.1) is 0 Å². The lowest BCUT2D eigenvalue weighted by Crippen LogP contribution is -2.37. The number of hydrogen-bond acceptors (Lipinski definition) is 4. The lowest BCUT2D eigenvalue weighted by Gasteiger charge is -2.16. The fraction of sp³-hybridized carbons (Fsp3) is 0.417. The number of amides is 2. The minimum atomic E-state index is -0.305. The molecule has 2 rings (SSSR count). The van der Waals surface area contributed by atoms with Gasteiger partial charge in [0.25, 0.3) is 5.91 Å². The van der Waals surface area contributed by atoms with Gasteiger partial charge in [-0.05, 0) is 18.6 Å². The smallest absolute Gasteiger partial charge is 0.276 e. The van der Waals surface area contributed by atoms with E-state index in [9.17, 15) is 14.7 Å². The van der Waals surface area contributed by atoms with Crippen LogP contribution in [0.1, 0.15) is 23.8 Å². The standard InChI is InChI=1S/C12H15N3O3/c1-8(16)14-9-4-6-15(7-9)12(18)11-10(17)3-2-5-13-11/h2-3,5,9,17H,4,6-7H2,1H3,(H,14,16). The summed E-state index contributed by atoms with van der Waals surface area (Å²) < 4.78 is 0. The SMILES string of the molecule is CC(=O)NC1CCN(C(=O)c2ncccc2O)C1. The summed E-state index contributed by atoms with van der Waals surface area (Å²) in [6.07, 6.45) is 2.19. The van der Waals surface area contributed by atoms with Crippen molar-refractivity contribution in [3.8, 4) is 5.75 Å². The van der Waals surface area contributed by atoms with E-state index >= 15 is 0 Å². The zero-order valence-electron chi connectivity index (χ0n) is 10.1. The summed E-state index contributed by atoms with van der Waals surface area (Å²) in [5, 5.41) is 12.3. The molecule has 1 fully saturated rings. The number of aromatic hydroxyl groups is 1. The third kappa shape index (κ3) is 2.58.